The molecule has 0 saturated heterocycles. The summed E-state index contributed by atoms with van der Waals surface area (Å²) in [5.41, 5.74) is 5.63. The van der Waals surface area contributed by atoms with Crippen LogP contribution in [0.1, 0.15) is 6.42 Å². The van der Waals surface area contributed by atoms with Gasteiger partial charge in [-0.2, -0.15) is 5.10 Å². The molecule has 2 N–H and O–H groups in total. The van der Waals surface area contributed by atoms with Crippen LogP contribution in [0.25, 0.3) is 10.1 Å². The minimum absolute atomic E-state index is 0.0822. The highest BCUT2D eigenvalue weighted by molar-refractivity contribution is 7.17. The van der Waals surface area contributed by atoms with Crippen molar-refractivity contribution in [2.75, 3.05) is 5.73 Å². The van der Waals surface area contributed by atoms with Crippen molar-refractivity contribution in [2.24, 2.45) is 0 Å². The maximum Gasteiger partial charge on any atom is 0.259 e. The number of pyridine rings is 1. The van der Waals surface area contributed by atoms with Crippen LogP contribution in [0, 0.1) is 0 Å². The number of hydrogen-bond donors (Lipinski definition) is 1. The Balaban J connectivity index is 1.71. The number of fused-ring (bicyclic) bond motifs is 1. The van der Waals surface area contributed by atoms with E-state index in [-0.39, 0.29) is 5.56 Å². The van der Waals surface area contributed by atoms with Crippen molar-refractivity contribution in [3.63, 3.8) is 0 Å². The zero-order valence-electron chi connectivity index (χ0n) is 10.3. The van der Waals surface area contributed by atoms with Crippen LogP contribution in [-0.2, 0) is 13.1 Å². The van der Waals surface area contributed by atoms with E-state index in [0.717, 1.165) is 23.1 Å². The van der Waals surface area contributed by atoms with Gasteiger partial charge in [0, 0.05) is 30.2 Å². The fraction of sp³-hybridized carbons (Fsp3) is 0.231. The van der Waals surface area contributed by atoms with E-state index in [1.807, 2.05) is 29.9 Å². The van der Waals surface area contributed by atoms with Gasteiger partial charge in [0.2, 0.25) is 0 Å². The topological polar surface area (TPSA) is 65.8 Å². The average Bonchev–Trinajstić information content (AvgIpc) is 3.01. The molecule has 0 bridgehead atoms. The van der Waals surface area contributed by atoms with E-state index in [4.69, 9.17) is 5.73 Å². The third kappa shape index (κ3) is 2.39. The summed E-state index contributed by atoms with van der Waals surface area (Å²) < 4.78 is 4.59. The summed E-state index contributed by atoms with van der Waals surface area (Å²) in [6, 6.07) is 5.64. The van der Waals surface area contributed by atoms with Crippen LogP contribution in [0.5, 0.6) is 0 Å². The zero-order chi connectivity index (χ0) is 13.2. The molecule has 0 aliphatic rings. The van der Waals surface area contributed by atoms with E-state index < -0.39 is 0 Å². The Kier molecular flexibility index (Phi) is 3.08. The Morgan fingerprint density at radius 3 is 2.89 bits per heavy atom. The molecule has 0 radical (unpaired) electrons. The van der Waals surface area contributed by atoms with Crippen LogP contribution in [0.3, 0.4) is 0 Å². The van der Waals surface area contributed by atoms with Crippen molar-refractivity contribution >= 4 is 27.2 Å². The molecular weight excluding hydrogens is 260 g/mol. The molecule has 6 heteroatoms. The van der Waals surface area contributed by atoms with Gasteiger partial charge in [0.05, 0.1) is 5.39 Å². The lowest BCUT2D eigenvalue weighted by Crippen LogP contribution is -2.19. The Bertz CT molecular complexity index is 755. The Labute approximate surface area is 113 Å². The number of aromatic nitrogens is 3. The van der Waals surface area contributed by atoms with Crippen molar-refractivity contribution in [1.29, 1.82) is 0 Å². The SMILES string of the molecule is Nc1ccn(CCCn2ccc3sccc3c2=O)n1. The first-order valence-corrected chi connectivity index (χ1v) is 6.97. The normalized spacial score (nSPS) is 11.2. The summed E-state index contributed by atoms with van der Waals surface area (Å²) >= 11 is 1.59. The fourth-order valence-corrected chi connectivity index (χ4v) is 2.86. The number of anilines is 1. The summed E-state index contributed by atoms with van der Waals surface area (Å²) in [6.45, 7) is 1.44. The van der Waals surface area contributed by atoms with Crippen molar-refractivity contribution < 1.29 is 0 Å². The predicted octanol–water partition coefficient (Wildman–Crippen LogP) is 1.93. The van der Waals surface area contributed by atoms with Gasteiger partial charge in [0.15, 0.2) is 0 Å². The van der Waals surface area contributed by atoms with Crippen molar-refractivity contribution in [2.45, 2.75) is 19.5 Å². The Morgan fingerprint density at radius 1 is 1.21 bits per heavy atom. The van der Waals surface area contributed by atoms with E-state index in [9.17, 15) is 4.79 Å². The molecule has 0 unspecified atom stereocenters. The summed E-state index contributed by atoms with van der Waals surface area (Å²) in [7, 11) is 0. The number of aryl methyl sites for hydroxylation is 2. The van der Waals surface area contributed by atoms with Gasteiger partial charge in [-0.25, -0.2) is 0 Å². The molecule has 0 atom stereocenters. The van der Waals surface area contributed by atoms with Crippen LogP contribution in [0.2, 0.25) is 0 Å². The molecule has 0 saturated carbocycles. The van der Waals surface area contributed by atoms with Gasteiger partial charge in [-0.1, -0.05) is 0 Å². The van der Waals surface area contributed by atoms with E-state index in [0.29, 0.717) is 12.4 Å². The summed E-state index contributed by atoms with van der Waals surface area (Å²) in [5.74, 6) is 0.525. The maximum atomic E-state index is 12.2. The molecular formula is C13H14N4OS. The van der Waals surface area contributed by atoms with Crippen LogP contribution in [0.15, 0.2) is 40.8 Å². The molecule has 3 aromatic rings. The third-order valence-electron chi connectivity index (χ3n) is 3.04. The number of thiophene rings is 1. The van der Waals surface area contributed by atoms with E-state index in [1.54, 1.807) is 26.7 Å². The monoisotopic (exact) mass is 274 g/mol. The van der Waals surface area contributed by atoms with Crippen molar-refractivity contribution in [3.05, 3.63) is 46.3 Å². The summed E-state index contributed by atoms with van der Waals surface area (Å²) in [4.78, 5) is 12.2. The van der Waals surface area contributed by atoms with E-state index in [1.165, 1.54) is 0 Å². The lowest BCUT2D eigenvalue weighted by molar-refractivity contribution is 0.522. The second-order valence-corrected chi connectivity index (χ2v) is 5.32. The lowest BCUT2D eigenvalue weighted by Gasteiger charge is -2.06. The summed E-state index contributed by atoms with van der Waals surface area (Å²) in [5, 5.41) is 6.86. The molecule has 0 aliphatic carbocycles. The molecule has 19 heavy (non-hydrogen) atoms. The standard InChI is InChI=1S/C13H14N4OS/c14-12-3-8-17(15-12)6-1-5-16-7-2-11-10(13(16)18)4-9-19-11/h2-4,7-9H,1,5-6H2,(H2,14,15). The number of hydrogen-bond acceptors (Lipinski definition) is 4. The lowest BCUT2D eigenvalue weighted by atomic mass is 10.3. The fourth-order valence-electron chi connectivity index (χ4n) is 2.09. The zero-order valence-corrected chi connectivity index (χ0v) is 11.1. The van der Waals surface area contributed by atoms with Crippen molar-refractivity contribution in [3.8, 4) is 0 Å². The second kappa shape index (κ2) is 4.89. The van der Waals surface area contributed by atoms with Crippen molar-refractivity contribution in [1.82, 2.24) is 14.3 Å². The second-order valence-electron chi connectivity index (χ2n) is 4.37. The highest BCUT2D eigenvalue weighted by atomic mass is 32.1. The van der Waals surface area contributed by atoms with Crippen LogP contribution >= 0.6 is 11.3 Å². The molecule has 0 amide bonds. The van der Waals surface area contributed by atoms with Crippen LogP contribution in [0.4, 0.5) is 5.82 Å². The maximum absolute atomic E-state index is 12.2. The molecule has 3 rings (SSSR count). The molecule has 3 heterocycles. The van der Waals surface area contributed by atoms with Gasteiger partial charge >= 0.3 is 0 Å². The van der Waals surface area contributed by atoms with Crippen LogP contribution in [-0.4, -0.2) is 14.3 Å². The summed E-state index contributed by atoms with van der Waals surface area (Å²) in [6.07, 6.45) is 4.55. The number of nitrogens with zero attached hydrogens (tertiary/aromatic N) is 3. The molecule has 0 aromatic carbocycles. The van der Waals surface area contributed by atoms with Gasteiger partial charge in [-0.3, -0.25) is 9.48 Å². The first kappa shape index (κ1) is 12.0. The van der Waals surface area contributed by atoms with Crippen LogP contribution < -0.4 is 11.3 Å². The largest absolute Gasteiger partial charge is 0.382 e. The molecule has 0 aliphatic heterocycles. The van der Waals surface area contributed by atoms with Gasteiger partial charge in [-0.15, -0.1) is 11.3 Å². The molecule has 0 spiro atoms. The highest BCUT2D eigenvalue weighted by Gasteiger charge is 2.03. The quantitative estimate of drug-likeness (QED) is 0.790. The first-order valence-electron chi connectivity index (χ1n) is 6.09. The number of rotatable bonds is 4. The minimum Gasteiger partial charge on any atom is -0.382 e. The Morgan fingerprint density at radius 2 is 2.11 bits per heavy atom. The smallest absolute Gasteiger partial charge is 0.259 e. The third-order valence-corrected chi connectivity index (χ3v) is 3.92. The van der Waals surface area contributed by atoms with Gasteiger partial charge in [0.25, 0.3) is 5.56 Å². The van der Waals surface area contributed by atoms with E-state index >= 15 is 0 Å². The van der Waals surface area contributed by atoms with E-state index in [2.05, 4.69) is 5.10 Å². The Hall–Kier alpha value is -2.08. The predicted molar refractivity (Wildman–Crippen MR) is 77.3 cm³/mol. The van der Waals surface area contributed by atoms with Gasteiger partial charge in [0.1, 0.15) is 5.82 Å². The first-order chi connectivity index (χ1) is 9.24. The van der Waals surface area contributed by atoms with Gasteiger partial charge < -0.3 is 10.3 Å². The number of nitrogen functional groups attached to an aromatic ring is 1. The molecule has 3 aromatic heterocycles. The minimum atomic E-state index is 0.0822. The molecule has 98 valence electrons. The van der Waals surface area contributed by atoms with Gasteiger partial charge in [-0.05, 0) is 30.0 Å². The molecule has 0 fully saturated rings. The highest BCUT2D eigenvalue weighted by Crippen LogP contribution is 2.16. The molecule has 5 nitrogen and oxygen atoms in total. The number of nitrogens with two attached hydrogens (primary N) is 1. The average molecular weight is 274 g/mol.